The summed E-state index contributed by atoms with van der Waals surface area (Å²) in [4.78, 5) is 49.9. The Morgan fingerprint density at radius 1 is 0.557 bits per heavy atom. The van der Waals surface area contributed by atoms with Crippen LogP contribution in [-0.4, -0.2) is 75.8 Å². The summed E-state index contributed by atoms with van der Waals surface area (Å²) in [7, 11) is 1.01. The average Bonchev–Trinajstić information content (AvgIpc) is 3.21. The van der Waals surface area contributed by atoms with Crippen molar-refractivity contribution in [2.45, 2.75) is 193 Å². The van der Waals surface area contributed by atoms with Gasteiger partial charge in [0, 0.05) is 19.3 Å². The third-order valence-electron chi connectivity index (χ3n) is 9.99. The Balaban J connectivity index is 4.48. The summed E-state index contributed by atoms with van der Waals surface area (Å²) in [5.74, 6) is -1.22. The number of hydrogen-bond donors (Lipinski definition) is 0. The first-order valence-corrected chi connectivity index (χ1v) is 25.4. The molecule has 0 N–H and O–H groups in total. The molecule has 1 unspecified atom stereocenters. The van der Waals surface area contributed by atoms with E-state index in [-0.39, 0.29) is 44.7 Å². The first-order chi connectivity index (χ1) is 29.4. The summed E-state index contributed by atoms with van der Waals surface area (Å²) in [5, 5.41) is 0. The second-order valence-electron chi connectivity index (χ2n) is 17.2. The molecule has 0 saturated heterocycles. The van der Waals surface area contributed by atoms with Crippen LogP contribution in [0.5, 0.6) is 0 Å². The Hall–Kier alpha value is -2.62. The molecule has 10 nitrogen and oxygen atoms in total. The van der Waals surface area contributed by atoms with Gasteiger partial charge >= 0.3 is 11.9 Å². The molecule has 0 aromatic heterocycles. The topological polar surface area (TPSA) is 128 Å². The number of likely N-dealkylation sites (N-methyl/N-ethyl adjacent to an activating group) is 1. The number of hydrogen-bond acceptors (Lipinski definition) is 9. The van der Waals surface area contributed by atoms with Crippen LogP contribution in [0.15, 0.2) is 60.8 Å². The third kappa shape index (κ3) is 45.2. The van der Waals surface area contributed by atoms with Gasteiger partial charge in [0.1, 0.15) is 19.8 Å². The number of ketones is 1. The Morgan fingerprint density at radius 2 is 1.05 bits per heavy atom. The molecule has 0 fully saturated rings. The van der Waals surface area contributed by atoms with Crippen molar-refractivity contribution in [3.8, 4) is 0 Å². The van der Waals surface area contributed by atoms with E-state index in [1.54, 1.807) is 6.08 Å². The molecule has 352 valence electrons. The first-order valence-electron chi connectivity index (χ1n) is 23.9. The van der Waals surface area contributed by atoms with Crippen molar-refractivity contribution >= 4 is 25.5 Å². The number of allylic oxidation sites excluding steroid dienone is 10. The first kappa shape index (κ1) is 58.4. The maximum Gasteiger partial charge on any atom is 0.306 e. The van der Waals surface area contributed by atoms with Gasteiger partial charge in [0.05, 0.1) is 27.7 Å². The number of carbonyl (C=O) groups is 3. The van der Waals surface area contributed by atoms with Gasteiger partial charge in [-0.25, -0.2) is 0 Å². The number of nitrogens with zero attached hydrogens (tertiary/aromatic N) is 1. The summed E-state index contributed by atoms with van der Waals surface area (Å²) in [5.41, 5.74) is 0. The van der Waals surface area contributed by atoms with E-state index in [2.05, 4.69) is 50.3 Å². The molecule has 0 spiro atoms. The van der Waals surface area contributed by atoms with Crippen LogP contribution in [0.3, 0.4) is 0 Å². The minimum absolute atomic E-state index is 0.0660. The van der Waals surface area contributed by atoms with E-state index in [0.29, 0.717) is 17.4 Å². The Morgan fingerprint density at radius 3 is 1.66 bits per heavy atom. The Bertz CT molecular complexity index is 1280. The predicted octanol–water partition coefficient (Wildman–Crippen LogP) is 12.6. The zero-order valence-electron chi connectivity index (χ0n) is 39.3. The number of carbonyl (C=O) groups excluding carboxylic acids is 3. The third-order valence-corrected chi connectivity index (χ3v) is 11.0. The van der Waals surface area contributed by atoms with Crippen molar-refractivity contribution in [2.24, 2.45) is 0 Å². The molecular weight excluding hydrogens is 790 g/mol. The predicted molar refractivity (Wildman–Crippen MR) is 250 cm³/mol. The number of esters is 2. The molecule has 0 amide bonds. The van der Waals surface area contributed by atoms with E-state index in [0.717, 1.165) is 38.5 Å². The van der Waals surface area contributed by atoms with E-state index in [9.17, 15) is 23.8 Å². The smallest absolute Gasteiger partial charge is 0.306 e. The van der Waals surface area contributed by atoms with Gasteiger partial charge in [-0.3, -0.25) is 18.9 Å². The van der Waals surface area contributed by atoms with E-state index >= 15 is 0 Å². The van der Waals surface area contributed by atoms with Gasteiger partial charge in [0.2, 0.25) is 0 Å². The van der Waals surface area contributed by atoms with Gasteiger partial charge in [0.25, 0.3) is 7.82 Å². The van der Waals surface area contributed by atoms with Crippen LogP contribution in [0, 0.1) is 0 Å². The van der Waals surface area contributed by atoms with E-state index in [4.69, 9.17) is 18.5 Å². The fourth-order valence-electron chi connectivity index (χ4n) is 6.19. The summed E-state index contributed by atoms with van der Waals surface area (Å²) in [6.45, 7) is 3.91. The molecule has 0 aromatic carbocycles. The molecule has 0 heterocycles. The number of unbranched alkanes of at least 4 members (excludes halogenated alkanes) is 18. The zero-order valence-corrected chi connectivity index (χ0v) is 40.2. The fraction of sp³-hybridized carbons (Fsp3) is 0.740. The molecule has 0 aliphatic carbocycles. The lowest BCUT2D eigenvalue weighted by Gasteiger charge is -2.28. The highest BCUT2D eigenvalue weighted by atomic mass is 31.2. The molecule has 0 bridgehead atoms. The Kier molecular flexibility index (Phi) is 39.6. The van der Waals surface area contributed by atoms with Crippen molar-refractivity contribution in [2.75, 3.05) is 47.5 Å². The quantitative estimate of drug-likeness (QED) is 0.0112. The highest BCUT2D eigenvalue weighted by Crippen LogP contribution is 2.38. The number of ether oxygens (including phenoxy) is 2. The largest absolute Gasteiger partial charge is 0.756 e. The van der Waals surface area contributed by atoms with Crippen molar-refractivity contribution < 1.29 is 46.8 Å². The minimum atomic E-state index is -4.70. The average molecular weight is 878 g/mol. The van der Waals surface area contributed by atoms with Crippen molar-refractivity contribution in [3.63, 3.8) is 0 Å². The van der Waals surface area contributed by atoms with Gasteiger partial charge in [-0.15, -0.1) is 0 Å². The molecular formula is C50H88NO9P. The number of phosphoric acid groups is 1. The van der Waals surface area contributed by atoms with Crippen LogP contribution in [-0.2, 0) is 37.5 Å². The molecule has 61 heavy (non-hydrogen) atoms. The fourth-order valence-corrected chi connectivity index (χ4v) is 6.92. The van der Waals surface area contributed by atoms with Crippen LogP contribution >= 0.6 is 7.82 Å². The second kappa shape index (κ2) is 41.4. The highest BCUT2D eigenvalue weighted by molar-refractivity contribution is 7.45. The van der Waals surface area contributed by atoms with Gasteiger partial charge in [-0.2, -0.15) is 0 Å². The van der Waals surface area contributed by atoms with Crippen LogP contribution in [0.1, 0.15) is 187 Å². The maximum absolute atomic E-state index is 12.7. The monoisotopic (exact) mass is 878 g/mol. The van der Waals surface area contributed by atoms with Crippen LogP contribution in [0.25, 0.3) is 0 Å². The maximum atomic E-state index is 12.7. The molecule has 0 rings (SSSR count). The summed E-state index contributed by atoms with van der Waals surface area (Å²) in [6.07, 6.45) is 46.8. The normalized spacial score (nSPS) is 13.9. The molecule has 0 saturated carbocycles. The van der Waals surface area contributed by atoms with Gasteiger partial charge in [-0.1, -0.05) is 158 Å². The Labute approximate surface area is 372 Å². The van der Waals surface area contributed by atoms with Gasteiger partial charge in [0.15, 0.2) is 11.9 Å². The van der Waals surface area contributed by atoms with Crippen molar-refractivity contribution in [3.05, 3.63) is 60.8 Å². The number of phosphoric ester groups is 1. The zero-order chi connectivity index (χ0) is 45.1. The van der Waals surface area contributed by atoms with Crippen molar-refractivity contribution in [1.29, 1.82) is 0 Å². The van der Waals surface area contributed by atoms with E-state index in [1.165, 1.54) is 109 Å². The molecule has 2 atom stereocenters. The van der Waals surface area contributed by atoms with Crippen LogP contribution in [0.2, 0.25) is 0 Å². The van der Waals surface area contributed by atoms with Gasteiger partial charge in [-0.05, 0) is 70.3 Å². The molecule has 0 aliphatic rings. The molecule has 0 aliphatic heterocycles. The lowest BCUT2D eigenvalue weighted by Crippen LogP contribution is -2.37. The van der Waals surface area contributed by atoms with E-state index < -0.39 is 32.5 Å². The van der Waals surface area contributed by atoms with Crippen LogP contribution in [0.4, 0.5) is 0 Å². The van der Waals surface area contributed by atoms with Crippen molar-refractivity contribution in [1.82, 2.24) is 0 Å². The highest BCUT2D eigenvalue weighted by Gasteiger charge is 2.22. The number of rotatable bonds is 43. The van der Waals surface area contributed by atoms with E-state index in [1.807, 2.05) is 33.3 Å². The minimum Gasteiger partial charge on any atom is -0.756 e. The van der Waals surface area contributed by atoms with Crippen LogP contribution < -0.4 is 4.89 Å². The lowest BCUT2D eigenvalue weighted by molar-refractivity contribution is -0.870. The lowest BCUT2D eigenvalue weighted by atomic mass is 10.1. The SMILES string of the molecule is CCCCC/C=C\C/C=C\C/C=C\C=C\C(=O)CCCC(=O)O[C@H](COC(=O)CCCCCCCCCCC/C=C\CCCCCCCC)COP(=O)([O-])OCC[N+](C)(C)C. The standard InChI is InChI=1S/C50H88NO9P/c1-6-8-10-12-14-16-18-20-21-22-23-24-25-27-29-31-33-35-37-41-49(53)57-45-48(46-59-61(55,56)58-44-43-51(3,4)5)60-50(54)42-38-40-47(52)39-36-34-32-30-28-26-19-17-15-13-11-9-7-2/h15,17,20-21,26,28,32,34,36,39,48H,6-14,16,18-19,22-25,27,29-31,33,35,37-38,40-46H2,1-5H3/b17-15-,21-20-,28-26-,34-32-,39-36+/t48-/m1/s1. The second-order valence-corrected chi connectivity index (χ2v) is 18.6. The molecule has 0 aromatic rings. The van der Waals surface area contributed by atoms with Gasteiger partial charge < -0.3 is 27.9 Å². The molecule has 0 radical (unpaired) electrons. The molecule has 11 heteroatoms. The summed E-state index contributed by atoms with van der Waals surface area (Å²) >= 11 is 0. The summed E-state index contributed by atoms with van der Waals surface area (Å²) < 4.78 is 33.7. The summed E-state index contributed by atoms with van der Waals surface area (Å²) in [6, 6.07) is 0. The number of quaternary nitrogens is 1.